The lowest BCUT2D eigenvalue weighted by atomic mass is 10.2. The predicted molar refractivity (Wildman–Crippen MR) is 76.0 cm³/mol. The van der Waals surface area contributed by atoms with E-state index in [1.54, 1.807) is 19.3 Å². The van der Waals surface area contributed by atoms with E-state index in [2.05, 4.69) is 4.98 Å². The molecule has 2 rings (SSSR count). The third-order valence-corrected chi connectivity index (χ3v) is 3.14. The number of anilines is 1. The maximum Gasteiger partial charge on any atom is 0.332 e. The highest BCUT2D eigenvalue weighted by atomic mass is 16.2. The number of aryl methyl sites for hydroxylation is 1. The summed E-state index contributed by atoms with van der Waals surface area (Å²) in [6.07, 6.45) is 1.65. The Bertz CT molecular complexity index is 741. The second-order valence-electron chi connectivity index (χ2n) is 5.07. The fourth-order valence-electron chi connectivity index (χ4n) is 2.04. The maximum absolute atomic E-state index is 12.4. The average molecular weight is 262 g/mol. The molecule has 0 N–H and O–H groups in total. The third-order valence-electron chi connectivity index (χ3n) is 3.14. The molecule has 0 spiro atoms. The minimum absolute atomic E-state index is 0.182. The molecule has 6 heteroatoms. The molecular formula is C13H18N4O2. The van der Waals surface area contributed by atoms with Gasteiger partial charge in [0, 0.05) is 27.2 Å². The molecule has 0 aliphatic carbocycles. The second kappa shape index (κ2) is 4.53. The Hall–Kier alpha value is -2.11. The lowest BCUT2D eigenvalue weighted by molar-refractivity contribution is 0.531. The van der Waals surface area contributed by atoms with E-state index in [9.17, 15) is 9.59 Å². The highest BCUT2D eigenvalue weighted by molar-refractivity contribution is 5.77. The van der Waals surface area contributed by atoms with Crippen molar-refractivity contribution >= 4 is 16.7 Å². The van der Waals surface area contributed by atoms with Gasteiger partial charge >= 0.3 is 5.69 Å². The fourth-order valence-corrected chi connectivity index (χ4v) is 2.04. The van der Waals surface area contributed by atoms with Gasteiger partial charge in [-0.2, -0.15) is 0 Å². The van der Waals surface area contributed by atoms with Crippen LogP contribution in [-0.4, -0.2) is 28.2 Å². The molecule has 2 aromatic heterocycles. The van der Waals surface area contributed by atoms with Crippen LogP contribution in [0.4, 0.5) is 5.69 Å². The summed E-state index contributed by atoms with van der Waals surface area (Å²) in [5.41, 5.74) is 0.623. The van der Waals surface area contributed by atoms with Crippen molar-refractivity contribution in [3.8, 4) is 0 Å². The summed E-state index contributed by atoms with van der Waals surface area (Å²) in [6.45, 7) is 3.63. The Morgan fingerprint density at radius 2 is 1.89 bits per heavy atom. The molecule has 0 aliphatic heterocycles. The first kappa shape index (κ1) is 13.3. The highest BCUT2D eigenvalue weighted by Crippen LogP contribution is 2.14. The molecule has 0 saturated carbocycles. The molecular weight excluding hydrogens is 244 g/mol. The SMILES string of the molecule is CC(C)n1c(=O)c2cc(N(C)C)cnc2n(C)c1=O. The molecule has 0 atom stereocenters. The molecule has 0 saturated heterocycles. The minimum atomic E-state index is -0.336. The average Bonchev–Trinajstić information content (AvgIpc) is 2.35. The van der Waals surface area contributed by atoms with E-state index < -0.39 is 0 Å². The largest absolute Gasteiger partial charge is 0.376 e. The predicted octanol–water partition coefficient (Wildman–Crippen LogP) is 0.742. The summed E-state index contributed by atoms with van der Waals surface area (Å²) in [5, 5.41) is 0.460. The van der Waals surface area contributed by atoms with Gasteiger partial charge in [-0.3, -0.25) is 13.9 Å². The number of pyridine rings is 1. The number of nitrogens with zero attached hydrogens (tertiary/aromatic N) is 4. The molecule has 0 unspecified atom stereocenters. The van der Waals surface area contributed by atoms with Crippen LogP contribution in [0.3, 0.4) is 0 Å². The molecule has 0 aliphatic rings. The zero-order valence-electron chi connectivity index (χ0n) is 11.8. The first-order chi connectivity index (χ1) is 8.84. The van der Waals surface area contributed by atoms with Crippen molar-refractivity contribution in [1.82, 2.24) is 14.1 Å². The van der Waals surface area contributed by atoms with E-state index >= 15 is 0 Å². The Morgan fingerprint density at radius 3 is 2.42 bits per heavy atom. The van der Waals surface area contributed by atoms with Gasteiger partial charge in [-0.25, -0.2) is 9.78 Å². The van der Waals surface area contributed by atoms with Gasteiger partial charge in [-0.05, 0) is 19.9 Å². The Labute approximate surface area is 110 Å². The van der Waals surface area contributed by atoms with E-state index in [0.717, 1.165) is 5.69 Å². The van der Waals surface area contributed by atoms with Gasteiger partial charge in [0.25, 0.3) is 5.56 Å². The summed E-state index contributed by atoms with van der Waals surface area (Å²) < 4.78 is 2.67. The van der Waals surface area contributed by atoms with Crippen molar-refractivity contribution in [2.45, 2.75) is 19.9 Å². The standard InChI is InChI=1S/C13H18N4O2/c1-8(2)17-12(18)10-6-9(15(3)4)7-14-11(10)16(5)13(17)19/h6-8H,1-5H3. The number of fused-ring (bicyclic) bond motifs is 1. The Kier molecular flexibility index (Phi) is 3.18. The number of hydrogen-bond donors (Lipinski definition) is 0. The molecule has 0 amide bonds. The highest BCUT2D eigenvalue weighted by Gasteiger charge is 2.14. The minimum Gasteiger partial charge on any atom is -0.376 e. The van der Waals surface area contributed by atoms with Crippen molar-refractivity contribution in [2.75, 3.05) is 19.0 Å². The Balaban J connectivity index is 2.96. The van der Waals surface area contributed by atoms with Crippen LogP contribution in [0.25, 0.3) is 11.0 Å². The van der Waals surface area contributed by atoms with Gasteiger partial charge in [0.1, 0.15) is 5.65 Å². The monoisotopic (exact) mass is 262 g/mol. The van der Waals surface area contributed by atoms with Crippen molar-refractivity contribution in [3.05, 3.63) is 33.1 Å². The lowest BCUT2D eigenvalue weighted by Gasteiger charge is -2.15. The smallest absolute Gasteiger partial charge is 0.332 e. The molecule has 2 heterocycles. The molecule has 2 aromatic rings. The van der Waals surface area contributed by atoms with Crippen molar-refractivity contribution in [2.24, 2.45) is 7.05 Å². The quantitative estimate of drug-likeness (QED) is 0.801. The summed E-state index contributed by atoms with van der Waals surface area (Å²) in [4.78, 5) is 30.7. The lowest BCUT2D eigenvalue weighted by Crippen LogP contribution is -2.40. The molecule has 0 fully saturated rings. The van der Waals surface area contributed by atoms with Crippen LogP contribution in [0.1, 0.15) is 19.9 Å². The van der Waals surface area contributed by atoms with Crippen molar-refractivity contribution in [3.63, 3.8) is 0 Å². The van der Waals surface area contributed by atoms with E-state index in [1.807, 2.05) is 32.8 Å². The normalized spacial score (nSPS) is 11.3. The van der Waals surface area contributed by atoms with Crippen LogP contribution in [0, 0.1) is 0 Å². The molecule has 0 radical (unpaired) electrons. The van der Waals surface area contributed by atoms with Gasteiger partial charge in [0.05, 0.1) is 17.3 Å². The van der Waals surface area contributed by atoms with Crippen LogP contribution >= 0.6 is 0 Å². The van der Waals surface area contributed by atoms with Crippen LogP contribution in [0.15, 0.2) is 21.9 Å². The van der Waals surface area contributed by atoms with Gasteiger partial charge in [0.2, 0.25) is 0 Å². The van der Waals surface area contributed by atoms with Crippen LogP contribution < -0.4 is 16.1 Å². The van der Waals surface area contributed by atoms with Crippen molar-refractivity contribution in [1.29, 1.82) is 0 Å². The third kappa shape index (κ3) is 2.03. The molecule has 0 aromatic carbocycles. The summed E-state index contributed by atoms with van der Waals surface area (Å²) in [7, 11) is 5.39. The van der Waals surface area contributed by atoms with E-state index in [4.69, 9.17) is 0 Å². The maximum atomic E-state index is 12.4. The Morgan fingerprint density at radius 1 is 1.26 bits per heavy atom. The first-order valence-electron chi connectivity index (χ1n) is 6.13. The molecule has 0 bridgehead atoms. The molecule has 19 heavy (non-hydrogen) atoms. The zero-order valence-corrected chi connectivity index (χ0v) is 11.8. The van der Waals surface area contributed by atoms with Gasteiger partial charge in [-0.1, -0.05) is 0 Å². The number of rotatable bonds is 2. The summed E-state index contributed by atoms with van der Waals surface area (Å²) in [6, 6.07) is 1.59. The number of aromatic nitrogens is 3. The van der Waals surface area contributed by atoms with E-state index in [-0.39, 0.29) is 17.3 Å². The molecule has 6 nitrogen and oxygen atoms in total. The van der Waals surface area contributed by atoms with Crippen LogP contribution in [0.5, 0.6) is 0 Å². The van der Waals surface area contributed by atoms with E-state index in [0.29, 0.717) is 11.0 Å². The first-order valence-corrected chi connectivity index (χ1v) is 6.13. The topological polar surface area (TPSA) is 60.1 Å². The zero-order chi connectivity index (χ0) is 14.3. The summed E-state index contributed by atoms with van der Waals surface area (Å²) in [5.74, 6) is 0. The van der Waals surface area contributed by atoms with Gasteiger partial charge in [0.15, 0.2) is 0 Å². The number of hydrogen-bond acceptors (Lipinski definition) is 4. The van der Waals surface area contributed by atoms with Crippen LogP contribution in [-0.2, 0) is 7.05 Å². The second-order valence-corrected chi connectivity index (χ2v) is 5.07. The van der Waals surface area contributed by atoms with Gasteiger partial charge < -0.3 is 4.90 Å². The van der Waals surface area contributed by atoms with Gasteiger partial charge in [-0.15, -0.1) is 0 Å². The van der Waals surface area contributed by atoms with E-state index in [1.165, 1.54) is 9.13 Å². The van der Waals surface area contributed by atoms with Crippen molar-refractivity contribution < 1.29 is 0 Å². The fraction of sp³-hybridized carbons (Fsp3) is 0.462. The molecule has 102 valence electrons. The summed E-state index contributed by atoms with van der Waals surface area (Å²) >= 11 is 0. The van der Waals surface area contributed by atoms with Crippen LogP contribution in [0.2, 0.25) is 0 Å².